The highest BCUT2D eigenvalue weighted by Crippen LogP contribution is 2.04. The van der Waals surface area contributed by atoms with Gasteiger partial charge in [-0.3, -0.25) is 14.7 Å². The summed E-state index contributed by atoms with van der Waals surface area (Å²) in [6.07, 6.45) is 1.27. The smallest absolute Gasteiger partial charge is 0.288 e. The standard InChI is InChI=1S/C12H13N5O2/c1-13-11(18)9-4-2-8(3-5-9)6-14-12(19)10-15-7-16-17-10/h2-5,7H,6H2,1H3,(H,13,18)(H,14,19)(H,15,16,17). The van der Waals surface area contributed by atoms with Gasteiger partial charge in [-0.05, 0) is 17.7 Å². The summed E-state index contributed by atoms with van der Waals surface area (Å²) >= 11 is 0. The zero-order chi connectivity index (χ0) is 13.7. The normalized spacial score (nSPS) is 9.95. The molecule has 0 aliphatic carbocycles. The number of rotatable bonds is 4. The van der Waals surface area contributed by atoms with Crippen LogP contribution in [0.4, 0.5) is 0 Å². The molecular weight excluding hydrogens is 246 g/mol. The third-order valence-electron chi connectivity index (χ3n) is 2.53. The fourth-order valence-electron chi connectivity index (χ4n) is 1.50. The molecule has 0 bridgehead atoms. The van der Waals surface area contributed by atoms with Gasteiger partial charge in [0.05, 0.1) is 0 Å². The highest BCUT2D eigenvalue weighted by Gasteiger charge is 2.08. The Morgan fingerprint density at radius 1 is 1.21 bits per heavy atom. The molecule has 0 saturated carbocycles. The summed E-state index contributed by atoms with van der Waals surface area (Å²) in [5.74, 6) is -0.299. The summed E-state index contributed by atoms with van der Waals surface area (Å²) < 4.78 is 0. The number of H-pyrrole nitrogens is 1. The molecule has 0 atom stereocenters. The minimum atomic E-state index is -0.326. The lowest BCUT2D eigenvalue weighted by Crippen LogP contribution is -2.24. The summed E-state index contributed by atoms with van der Waals surface area (Å²) in [5, 5.41) is 11.3. The van der Waals surface area contributed by atoms with E-state index in [2.05, 4.69) is 25.8 Å². The topological polar surface area (TPSA) is 99.8 Å². The third-order valence-corrected chi connectivity index (χ3v) is 2.53. The van der Waals surface area contributed by atoms with Gasteiger partial charge in [0.25, 0.3) is 11.8 Å². The van der Waals surface area contributed by atoms with E-state index in [1.165, 1.54) is 6.33 Å². The highest BCUT2D eigenvalue weighted by molar-refractivity contribution is 5.94. The van der Waals surface area contributed by atoms with Crippen molar-refractivity contribution in [3.8, 4) is 0 Å². The molecule has 2 rings (SSSR count). The van der Waals surface area contributed by atoms with E-state index < -0.39 is 0 Å². The fraction of sp³-hybridized carbons (Fsp3) is 0.167. The first-order valence-corrected chi connectivity index (χ1v) is 5.65. The number of benzene rings is 1. The SMILES string of the molecule is CNC(=O)c1ccc(CNC(=O)c2ncn[nH]2)cc1. The molecule has 0 aliphatic heterocycles. The van der Waals surface area contributed by atoms with Gasteiger partial charge in [-0.1, -0.05) is 12.1 Å². The van der Waals surface area contributed by atoms with Crippen LogP contribution in [0.2, 0.25) is 0 Å². The van der Waals surface area contributed by atoms with Gasteiger partial charge >= 0.3 is 0 Å². The van der Waals surface area contributed by atoms with Gasteiger partial charge in [0.2, 0.25) is 5.82 Å². The zero-order valence-electron chi connectivity index (χ0n) is 10.3. The van der Waals surface area contributed by atoms with Gasteiger partial charge < -0.3 is 10.6 Å². The average molecular weight is 259 g/mol. The number of amides is 2. The van der Waals surface area contributed by atoms with Gasteiger partial charge in [-0.25, -0.2) is 4.98 Å². The lowest BCUT2D eigenvalue weighted by Gasteiger charge is -2.04. The highest BCUT2D eigenvalue weighted by atomic mass is 16.2. The summed E-state index contributed by atoms with van der Waals surface area (Å²) in [6.45, 7) is 0.355. The summed E-state index contributed by atoms with van der Waals surface area (Å²) in [6, 6.07) is 6.97. The molecule has 1 aromatic carbocycles. The van der Waals surface area contributed by atoms with Gasteiger partial charge in [0.1, 0.15) is 6.33 Å². The zero-order valence-corrected chi connectivity index (χ0v) is 10.3. The predicted octanol–water partition coefficient (Wildman–Crippen LogP) is 0.0943. The number of carbonyl (C=O) groups is 2. The van der Waals surface area contributed by atoms with Crippen LogP contribution in [0.25, 0.3) is 0 Å². The predicted molar refractivity (Wildman–Crippen MR) is 67.4 cm³/mol. The molecule has 98 valence electrons. The molecule has 7 nitrogen and oxygen atoms in total. The van der Waals surface area contributed by atoms with Crippen molar-refractivity contribution in [1.29, 1.82) is 0 Å². The van der Waals surface area contributed by atoms with Gasteiger partial charge in [-0.15, -0.1) is 0 Å². The Hall–Kier alpha value is -2.70. The van der Waals surface area contributed by atoms with Gasteiger partial charge in [0, 0.05) is 19.2 Å². The Labute approximate surface area is 109 Å². The largest absolute Gasteiger partial charge is 0.355 e. The van der Waals surface area contributed by atoms with E-state index in [0.29, 0.717) is 12.1 Å². The molecule has 2 aromatic rings. The molecule has 0 saturated heterocycles. The van der Waals surface area contributed by atoms with Crippen LogP contribution < -0.4 is 10.6 Å². The third kappa shape index (κ3) is 3.15. The van der Waals surface area contributed by atoms with E-state index in [9.17, 15) is 9.59 Å². The maximum absolute atomic E-state index is 11.6. The van der Waals surface area contributed by atoms with Crippen molar-refractivity contribution in [3.63, 3.8) is 0 Å². The van der Waals surface area contributed by atoms with Crippen LogP contribution in [0, 0.1) is 0 Å². The molecule has 0 spiro atoms. The molecule has 1 aromatic heterocycles. The van der Waals surface area contributed by atoms with E-state index in [-0.39, 0.29) is 17.6 Å². The van der Waals surface area contributed by atoms with Gasteiger partial charge in [-0.2, -0.15) is 5.10 Å². The molecule has 0 aliphatic rings. The van der Waals surface area contributed by atoms with E-state index in [1.54, 1.807) is 31.3 Å². The van der Waals surface area contributed by atoms with Crippen LogP contribution in [0.1, 0.15) is 26.5 Å². The Balaban J connectivity index is 1.93. The van der Waals surface area contributed by atoms with Crippen LogP contribution in [0.3, 0.4) is 0 Å². The summed E-state index contributed by atoms with van der Waals surface area (Å²) in [4.78, 5) is 26.7. The van der Waals surface area contributed by atoms with Crippen LogP contribution >= 0.6 is 0 Å². The minimum Gasteiger partial charge on any atom is -0.355 e. The number of nitrogens with zero attached hydrogens (tertiary/aromatic N) is 2. The van der Waals surface area contributed by atoms with Crippen molar-refractivity contribution in [3.05, 3.63) is 47.5 Å². The second kappa shape index (κ2) is 5.76. The van der Waals surface area contributed by atoms with Crippen LogP contribution in [0.5, 0.6) is 0 Å². The Bertz CT molecular complexity index is 562. The fourth-order valence-corrected chi connectivity index (χ4v) is 1.50. The quantitative estimate of drug-likeness (QED) is 0.724. The number of hydrogen-bond acceptors (Lipinski definition) is 4. The second-order valence-electron chi connectivity index (χ2n) is 3.79. The lowest BCUT2D eigenvalue weighted by atomic mass is 10.1. The van der Waals surface area contributed by atoms with Crippen molar-refractivity contribution >= 4 is 11.8 Å². The number of aromatic nitrogens is 3. The number of carbonyl (C=O) groups excluding carboxylic acids is 2. The van der Waals surface area contributed by atoms with Crippen molar-refractivity contribution in [2.45, 2.75) is 6.54 Å². The molecule has 7 heteroatoms. The first-order valence-electron chi connectivity index (χ1n) is 5.65. The van der Waals surface area contributed by atoms with Crippen molar-refractivity contribution < 1.29 is 9.59 Å². The summed E-state index contributed by atoms with van der Waals surface area (Å²) in [7, 11) is 1.58. The van der Waals surface area contributed by atoms with Crippen LogP contribution in [0.15, 0.2) is 30.6 Å². The van der Waals surface area contributed by atoms with E-state index in [4.69, 9.17) is 0 Å². The molecule has 2 amide bonds. The van der Waals surface area contributed by atoms with Crippen LogP contribution in [-0.4, -0.2) is 34.0 Å². The maximum Gasteiger partial charge on any atom is 0.288 e. The van der Waals surface area contributed by atoms with E-state index >= 15 is 0 Å². The Kier molecular flexibility index (Phi) is 3.87. The number of hydrogen-bond donors (Lipinski definition) is 3. The number of nitrogens with one attached hydrogen (secondary N) is 3. The van der Waals surface area contributed by atoms with E-state index in [1.807, 2.05) is 0 Å². The van der Waals surface area contributed by atoms with Crippen molar-refractivity contribution in [2.24, 2.45) is 0 Å². The first-order chi connectivity index (χ1) is 9.20. The molecule has 1 heterocycles. The van der Waals surface area contributed by atoms with Crippen molar-refractivity contribution in [1.82, 2.24) is 25.8 Å². The second-order valence-corrected chi connectivity index (χ2v) is 3.79. The maximum atomic E-state index is 11.6. The van der Waals surface area contributed by atoms with Crippen molar-refractivity contribution in [2.75, 3.05) is 7.05 Å². The van der Waals surface area contributed by atoms with E-state index in [0.717, 1.165) is 5.56 Å². The molecule has 0 fully saturated rings. The number of aromatic amines is 1. The molecule has 0 radical (unpaired) electrons. The Morgan fingerprint density at radius 3 is 2.53 bits per heavy atom. The molecule has 3 N–H and O–H groups in total. The Morgan fingerprint density at radius 2 is 1.95 bits per heavy atom. The van der Waals surface area contributed by atoms with Crippen LogP contribution in [-0.2, 0) is 6.54 Å². The molecule has 0 unspecified atom stereocenters. The average Bonchev–Trinajstić information content (AvgIpc) is 2.98. The summed E-state index contributed by atoms with van der Waals surface area (Å²) in [5.41, 5.74) is 1.47. The van der Waals surface area contributed by atoms with Gasteiger partial charge in [0.15, 0.2) is 0 Å². The minimum absolute atomic E-state index is 0.141. The monoisotopic (exact) mass is 259 g/mol. The lowest BCUT2D eigenvalue weighted by molar-refractivity contribution is 0.0937. The first kappa shape index (κ1) is 12.7. The molecule has 19 heavy (non-hydrogen) atoms. The molecular formula is C12H13N5O2.